The second-order valence-corrected chi connectivity index (χ2v) is 24.2. The van der Waals surface area contributed by atoms with Crippen LogP contribution < -0.4 is 22.9 Å². The number of nitrogens with zero attached hydrogens (tertiary/aromatic N) is 30. The van der Waals surface area contributed by atoms with Gasteiger partial charge in [-0.05, 0) is 52.0 Å². The summed E-state index contributed by atoms with van der Waals surface area (Å²) in [5.74, 6) is -0.707. The Balaban J connectivity index is 0.000000196. The summed E-state index contributed by atoms with van der Waals surface area (Å²) < 4.78 is 21.0. The van der Waals surface area contributed by atoms with E-state index in [1.54, 1.807) is 129 Å². The first-order valence-electron chi connectivity index (χ1n) is 33.4. The molecule has 564 valence electrons. The molecule has 2 aromatic carbocycles. The minimum atomic E-state index is -0.776. The van der Waals surface area contributed by atoms with E-state index in [1.165, 1.54) is 64.3 Å². The van der Waals surface area contributed by atoms with Crippen LogP contribution in [0.15, 0.2) is 175 Å². The number of pyridine rings is 2. The zero-order valence-corrected chi connectivity index (χ0v) is 61.2. The normalized spacial score (nSPS) is 11.6. The van der Waals surface area contributed by atoms with Crippen molar-refractivity contribution in [2.75, 3.05) is 50.4 Å². The number of benzene rings is 2. The number of nitrogen functional groups attached to an aromatic ring is 4. The molecule has 0 aliphatic carbocycles. The van der Waals surface area contributed by atoms with Gasteiger partial charge in [-0.3, -0.25) is 19.6 Å². The van der Waals surface area contributed by atoms with Gasteiger partial charge in [-0.2, -0.15) is 59.5 Å². The number of anilines is 4. The SMILES string of the molecule is COC(=O)c1c(-c2ccccc2)nn(C)c1N=Nc1c(C)nn(-c2cc(-n3nc(C)c(N=Nc4c(C(=O)CO)c(-c5ccccc5)nn4C)c3N)ncn2)c1N.COC(=O)c1c(-c2ccccn2)nn(C)c1N=Nc1c(C)nn(-c2cc(-n3nc(C)c(N=Nc4c(C(=O)CO)c(-c5ccccn5)nn4C)c3N)ncn2)c1N. The average Bonchev–Trinajstić information content (AvgIpc) is 1.63. The molecule has 0 unspecified atom stereocenters. The second kappa shape index (κ2) is 31.4. The third-order valence-corrected chi connectivity index (χ3v) is 17.0. The molecule has 14 aromatic rings. The van der Waals surface area contributed by atoms with E-state index in [1.807, 2.05) is 48.5 Å². The highest BCUT2D eigenvalue weighted by atomic mass is 16.5. The van der Waals surface area contributed by atoms with Crippen molar-refractivity contribution in [1.29, 1.82) is 0 Å². The molecule has 14 rings (SSSR count). The Bertz CT molecular complexity index is 5350. The molecule has 0 saturated carbocycles. The number of aliphatic hydroxyl groups excluding tert-OH is 2. The summed E-state index contributed by atoms with van der Waals surface area (Å²) in [6, 6.07) is 31.7. The minimum absolute atomic E-state index is 0.0472. The first-order chi connectivity index (χ1) is 54.0. The number of carbonyl (C=O) groups is 4. The maximum atomic E-state index is 12.9. The van der Waals surface area contributed by atoms with Crippen molar-refractivity contribution in [3.63, 3.8) is 0 Å². The molecule has 42 heteroatoms. The van der Waals surface area contributed by atoms with Crippen LogP contribution >= 0.6 is 0 Å². The van der Waals surface area contributed by atoms with Crippen molar-refractivity contribution < 1.29 is 38.9 Å². The van der Waals surface area contributed by atoms with E-state index in [9.17, 15) is 29.4 Å². The predicted octanol–water partition coefficient (Wildman–Crippen LogP) is 9.24. The van der Waals surface area contributed by atoms with Crippen molar-refractivity contribution >= 4 is 92.8 Å². The number of ether oxygens (including phenoxy) is 2. The standard InChI is InChI=1S/C36H34N16O4.C34H32N18O4/c1-19-28(41-43-34-26(23(54)17-53)30(47-49(34)3)21-12-8-6-9-13-21)32(37)51(45-19)24-16-25(40-18-39-24)52-33(38)29(20(2)46-52)42-44-35-27(36(55)56-5)31(48-50(35)4)22-14-10-7-11-15-22;1-17-26(41-43-32-24(21(54)15-53)28(47-49(32)3)19-10-6-8-12-37-19)30(35)51(45-17)22-14-23(40-16-39-22)52-31(36)27(18(2)46-52)42-44-33-25(34(55)56-5)29(48-50(33)4)20-11-7-9-13-38-20/h6-16,18,53H,17,37-38H2,1-5H3;6-14,16,53H,15,35-36H2,1-5H3. The van der Waals surface area contributed by atoms with E-state index in [-0.39, 0.29) is 126 Å². The number of azo groups is 4. The fourth-order valence-corrected chi connectivity index (χ4v) is 11.6. The molecule has 112 heavy (non-hydrogen) atoms. The van der Waals surface area contributed by atoms with Crippen LogP contribution in [0.5, 0.6) is 0 Å². The molecule has 0 fully saturated rings. The Hall–Kier alpha value is -15.6. The van der Waals surface area contributed by atoms with Crippen LogP contribution in [0, 0.1) is 27.7 Å². The molecule has 10 N–H and O–H groups in total. The average molecular weight is 1510 g/mol. The number of carbonyl (C=O) groups excluding carboxylic acids is 4. The molecule has 0 spiro atoms. The molecular weight excluding hydrogens is 1440 g/mol. The van der Waals surface area contributed by atoms with E-state index >= 15 is 0 Å². The van der Waals surface area contributed by atoms with Gasteiger partial charge in [0.2, 0.25) is 0 Å². The van der Waals surface area contributed by atoms with Gasteiger partial charge in [-0.15, -0.1) is 40.9 Å². The third kappa shape index (κ3) is 14.2. The smallest absolute Gasteiger partial charge is 0.344 e. The molecule has 12 heterocycles. The number of hydrogen-bond acceptors (Lipinski definition) is 34. The zero-order chi connectivity index (χ0) is 79.3. The minimum Gasteiger partial charge on any atom is -0.465 e. The van der Waals surface area contributed by atoms with Crippen molar-refractivity contribution in [3.8, 4) is 68.6 Å². The third-order valence-electron chi connectivity index (χ3n) is 17.0. The van der Waals surface area contributed by atoms with Gasteiger partial charge < -0.3 is 42.6 Å². The van der Waals surface area contributed by atoms with Crippen molar-refractivity contribution in [3.05, 3.63) is 179 Å². The van der Waals surface area contributed by atoms with Gasteiger partial charge in [-0.25, -0.2) is 48.3 Å². The van der Waals surface area contributed by atoms with Crippen LogP contribution in [-0.2, 0) is 37.7 Å². The number of ketones is 2. The number of aryl methyl sites for hydroxylation is 8. The lowest BCUT2D eigenvalue weighted by Gasteiger charge is -2.06. The summed E-state index contributed by atoms with van der Waals surface area (Å²) in [6.45, 7) is 5.21. The van der Waals surface area contributed by atoms with E-state index < -0.39 is 36.7 Å². The van der Waals surface area contributed by atoms with Crippen LogP contribution in [0.2, 0.25) is 0 Å². The summed E-state index contributed by atoms with van der Waals surface area (Å²) >= 11 is 0. The van der Waals surface area contributed by atoms with E-state index in [0.717, 1.165) is 0 Å². The van der Waals surface area contributed by atoms with E-state index in [2.05, 4.69) is 112 Å². The lowest BCUT2D eigenvalue weighted by Crippen LogP contribution is -2.09. The van der Waals surface area contributed by atoms with Gasteiger partial charge in [0, 0.05) is 63.8 Å². The lowest BCUT2D eigenvalue weighted by atomic mass is 10.0. The number of rotatable bonds is 22. The highest BCUT2D eigenvalue weighted by Crippen LogP contribution is 2.41. The molecule has 0 aliphatic rings. The van der Waals surface area contributed by atoms with Gasteiger partial charge in [0.05, 0.1) is 59.5 Å². The number of Topliss-reactive ketones (excluding diaryl/α,β-unsaturated/α-hetero) is 2. The molecule has 0 amide bonds. The highest BCUT2D eigenvalue weighted by molar-refractivity contribution is 6.07. The quantitative estimate of drug-likeness (QED) is 0.0209. The lowest BCUT2D eigenvalue weighted by molar-refractivity contribution is 0.0593. The Morgan fingerprint density at radius 3 is 0.946 bits per heavy atom. The van der Waals surface area contributed by atoms with Gasteiger partial charge >= 0.3 is 11.9 Å². The molecule has 0 bridgehead atoms. The van der Waals surface area contributed by atoms with Crippen LogP contribution in [0.3, 0.4) is 0 Å². The molecule has 12 aromatic heterocycles. The highest BCUT2D eigenvalue weighted by Gasteiger charge is 2.31. The second-order valence-electron chi connectivity index (χ2n) is 24.2. The molecule has 0 radical (unpaired) electrons. The zero-order valence-electron chi connectivity index (χ0n) is 61.2. The maximum absolute atomic E-state index is 12.9. The van der Waals surface area contributed by atoms with Gasteiger partial charge in [0.25, 0.3) is 0 Å². The Morgan fingerprint density at radius 2 is 0.643 bits per heavy atom. The summed E-state index contributed by atoms with van der Waals surface area (Å²) in [4.78, 5) is 77.5. The first-order valence-corrected chi connectivity index (χ1v) is 33.4. The largest absolute Gasteiger partial charge is 0.465 e. The van der Waals surface area contributed by atoms with E-state index in [0.29, 0.717) is 56.7 Å². The summed E-state index contributed by atoms with van der Waals surface area (Å²) in [5.41, 5.74) is 32.4. The van der Waals surface area contributed by atoms with Crippen LogP contribution in [0.4, 0.5) is 69.3 Å². The van der Waals surface area contributed by atoms with Crippen molar-refractivity contribution in [1.82, 2.24) is 108 Å². The summed E-state index contributed by atoms with van der Waals surface area (Å²) in [7, 11) is 8.99. The van der Waals surface area contributed by atoms with Gasteiger partial charge in [0.1, 0.15) is 59.8 Å². The molecular formula is C70H66N34O8. The summed E-state index contributed by atoms with van der Waals surface area (Å²) in [6.07, 6.45) is 5.71. The van der Waals surface area contributed by atoms with Gasteiger partial charge in [-0.1, -0.05) is 72.8 Å². The van der Waals surface area contributed by atoms with Crippen molar-refractivity contribution in [2.45, 2.75) is 27.7 Å². The maximum Gasteiger partial charge on any atom is 0.344 e. The number of nitrogens with two attached hydrogens (primary N) is 4. The van der Waals surface area contributed by atoms with Crippen LogP contribution in [0.1, 0.15) is 64.2 Å². The Morgan fingerprint density at radius 1 is 0.366 bits per heavy atom. The number of methoxy groups -OCH3 is 2. The number of hydrogen-bond donors (Lipinski definition) is 6. The molecule has 0 aliphatic heterocycles. The fourth-order valence-electron chi connectivity index (χ4n) is 11.6. The fraction of sp³-hybridized carbons (Fsp3) is 0.171. The van der Waals surface area contributed by atoms with Crippen LogP contribution in [-0.4, -0.2) is 169 Å². The predicted molar refractivity (Wildman–Crippen MR) is 402 cm³/mol. The number of aromatic nitrogens is 22. The van der Waals surface area contributed by atoms with Crippen molar-refractivity contribution in [2.24, 2.45) is 69.1 Å². The number of aliphatic hydroxyl groups is 2. The monoisotopic (exact) mass is 1510 g/mol. The molecule has 42 nitrogen and oxygen atoms in total. The Kier molecular flexibility index (Phi) is 21.0. The number of esters is 2. The first kappa shape index (κ1) is 74.6. The van der Waals surface area contributed by atoms with Gasteiger partial charge in [0.15, 0.2) is 104 Å². The molecule has 0 atom stereocenters. The van der Waals surface area contributed by atoms with Crippen LogP contribution in [0.25, 0.3) is 68.6 Å². The topological polar surface area (TPSA) is 550 Å². The Labute approximate surface area is 632 Å². The summed E-state index contributed by atoms with van der Waals surface area (Å²) in [5, 5.41) is 90.1. The van der Waals surface area contributed by atoms with E-state index in [4.69, 9.17) is 32.4 Å². The molecule has 0 saturated heterocycles.